The highest BCUT2D eigenvalue weighted by molar-refractivity contribution is 7.16. The summed E-state index contributed by atoms with van der Waals surface area (Å²) in [7, 11) is 0. The van der Waals surface area contributed by atoms with Crippen LogP contribution >= 0.6 is 22.9 Å². The molecule has 0 atom stereocenters. The van der Waals surface area contributed by atoms with Gasteiger partial charge in [0.2, 0.25) is 0 Å². The Morgan fingerprint density at radius 3 is 2.48 bits per heavy atom. The molecule has 0 saturated heterocycles. The molecule has 3 aromatic rings. The number of aryl methyl sites for hydroxylation is 1. The summed E-state index contributed by atoms with van der Waals surface area (Å²) in [6, 6.07) is 13.4. The SMILES string of the molecule is Cc1nc(Cl)sc1/C(OC(=O)C(C)(C)C)=C(\C#N)c1ccn(-c2ccccc2)n1. The van der Waals surface area contributed by atoms with E-state index in [0.717, 1.165) is 17.0 Å². The van der Waals surface area contributed by atoms with Crippen LogP contribution in [0.3, 0.4) is 0 Å². The minimum atomic E-state index is -0.752. The fourth-order valence-electron chi connectivity index (χ4n) is 2.44. The Hall–Kier alpha value is -2.95. The van der Waals surface area contributed by atoms with E-state index in [0.29, 0.717) is 20.7 Å². The van der Waals surface area contributed by atoms with Crippen molar-refractivity contribution in [1.82, 2.24) is 14.8 Å². The smallest absolute Gasteiger partial charge is 0.316 e. The number of thiazole rings is 1. The van der Waals surface area contributed by atoms with Crippen molar-refractivity contribution >= 4 is 40.2 Å². The molecule has 0 aliphatic heterocycles. The number of hydrogen-bond donors (Lipinski definition) is 0. The van der Waals surface area contributed by atoms with E-state index in [1.807, 2.05) is 30.3 Å². The van der Waals surface area contributed by atoms with Crippen LogP contribution in [0.4, 0.5) is 0 Å². The molecule has 0 aliphatic rings. The van der Waals surface area contributed by atoms with Crippen molar-refractivity contribution in [3.8, 4) is 11.8 Å². The number of hydrogen-bond acceptors (Lipinski definition) is 6. The first-order chi connectivity index (χ1) is 13.7. The molecule has 0 bridgehead atoms. The lowest BCUT2D eigenvalue weighted by Crippen LogP contribution is -2.22. The van der Waals surface area contributed by atoms with Crippen LogP contribution in [0, 0.1) is 23.7 Å². The molecule has 0 amide bonds. The second-order valence-electron chi connectivity index (χ2n) is 7.32. The third-order valence-corrected chi connectivity index (χ3v) is 5.25. The van der Waals surface area contributed by atoms with E-state index in [1.165, 1.54) is 0 Å². The molecule has 3 rings (SSSR count). The van der Waals surface area contributed by atoms with Crippen LogP contribution in [-0.4, -0.2) is 20.7 Å². The van der Waals surface area contributed by atoms with E-state index in [1.54, 1.807) is 44.6 Å². The molecule has 0 aliphatic carbocycles. The van der Waals surface area contributed by atoms with Crippen LogP contribution in [0.25, 0.3) is 17.0 Å². The van der Waals surface area contributed by atoms with Crippen molar-refractivity contribution in [2.75, 3.05) is 0 Å². The summed E-state index contributed by atoms with van der Waals surface area (Å²) >= 11 is 7.21. The first kappa shape index (κ1) is 20.8. The maximum Gasteiger partial charge on any atom is 0.316 e. The van der Waals surface area contributed by atoms with E-state index in [9.17, 15) is 10.1 Å². The van der Waals surface area contributed by atoms with Crippen molar-refractivity contribution in [3.63, 3.8) is 0 Å². The molecule has 148 valence electrons. The number of benzene rings is 1. The van der Waals surface area contributed by atoms with Gasteiger partial charge in [-0.2, -0.15) is 10.4 Å². The first-order valence-electron chi connectivity index (χ1n) is 8.82. The number of nitrogens with zero attached hydrogens (tertiary/aromatic N) is 4. The number of allylic oxidation sites excluding steroid dienone is 1. The van der Waals surface area contributed by atoms with Crippen LogP contribution in [0.15, 0.2) is 42.6 Å². The number of esters is 1. The summed E-state index contributed by atoms with van der Waals surface area (Å²) in [5.41, 5.74) is 1.20. The van der Waals surface area contributed by atoms with Crippen molar-refractivity contribution in [1.29, 1.82) is 5.26 Å². The van der Waals surface area contributed by atoms with Crippen LogP contribution in [0.5, 0.6) is 0 Å². The van der Waals surface area contributed by atoms with E-state index in [4.69, 9.17) is 16.3 Å². The van der Waals surface area contributed by atoms with E-state index in [-0.39, 0.29) is 11.3 Å². The summed E-state index contributed by atoms with van der Waals surface area (Å²) in [6.07, 6.45) is 1.75. The molecule has 0 radical (unpaired) electrons. The Morgan fingerprint density at radius 1 is 1.24 bits per heavy atom. The van der Waals surface area contributed by atoms with Crippen LogP contribution < -0.4 is 0 Å². The first-order valence-corrected chi connectivity index (χ1v) is 10.0. The molecule has 0 saturated carbocycles. The fourth-order valence-corrected chi connectivity index (χ4v) is 3.58. The van der Waals surface area contributed by atoms with Gasteiger partial charge in [0.15, 0.2) is 10.2 Å². The molecule has 6 nitrogen and oxygen atoms in total. The summed E-state index contributed by atoms with van der Waals surface area (Å²) < 4.78 is 7.65. The van der Waals surface area contributed by atoms with E-state index in [2.05, 4.69) is 16.2 Å². The Kier molecular flexibility index (Phi) is 5.87. The highest BCUT2D eigenvalue weighted by atomic mass is 35.5. The van der Waals surface area contributed by atoms with Gasteiger partial charge in [-0.3, -0.25) is 4.79 Å². The second-order valence-corrected chi connectivity index (χ2v) is 8.90. The molecular formula is C21H19ClN4O2S. The number of para-hydroxylation sites is 1. The average molecular weight is 427 g/mol. The quantitative estimate of drug-likeness (QED) is 0.322. The number of ether oxygens (including phenoxy) is 1. The molecule has 0 spiro atoms. The van der Waals surface area contributed by atoms with Crippen LogP contribution in [0.1, 0.15) is 37.0 Å². The number of carbonyl (C=O) groups excluding carboxylic acids is 1. The highest BCUT2D eigenvalue weighted by Crippen LogP contribution is 2.36. The molecule has 0 unspecified atom stereocenters. The number of aromatic nitrogens is 3. The lowest BCUT2D eigenvalue weighted by molar-refractivity contribution is -0.145. The van der Waals surface area contributed by atoms with Gasteiger partial charge in [-0.25, -0.2) is 9.67 Å². The Labute approximate surface area is 178 Å². The standard InChI is InChI=1S/C21H19ClN4O2S/c1-13-18(29-20(22)24-13)17(28-19(27)21(2,3)4)15(12-23)16-10-11-26(25-16)14-8-6-5-7-9-14/h5-11H,1-4H3/b17-15-. The molecule has 2 aromatic heterocycles. The zero-order chi connectivity index (χ0) is 21.2. The van der Waals surface area contributed by atoms with E-state index < -0.39 is 11.4 Å². The summed E-state index contributed by atoms with van der Waals surface area (Å²) in [6.45, 7) is 6.99. The van der Waals surface area contributed by atoms with Gasteiger partial charge < -0.3 is 4.74 Å². The number of nitriles is 1. The van der Waals surface area contributed by atoms with Crippen molar-refractivity contribution in [2.24, 2.45) is 5.41 Å². The third-order valence-electron chi connectivity index (χ3n) is 3.99. The van der Waals surface area contributed by atoms with Crippen molar-refractivity contribution < 1.29 is 9.53 Å². The third kappa shape index (κ3) is 4.56. The Balaban J connectivity index is 2.15. The van der Waals surface area contributed by atoms with Gasteiger partial charge in [0.1, 0.15) is 17.3 Å². The predicted molar refractivity (Wildman–Crippen MR) is 113 cm³/mol. The van der Waals surface area contributed by atoms with Gasteiger partial charge in [-0.05, 0) is 45.9 Å². The van der Waals surface area contributed by atoms with Gasteiger partial charge in [0.05, 0.1) is 21.7 Å². The Bertz CT molecular complexity index is 1120. The molecule has 1 aromatic carbocycles. The second kappa shape index (κ2) is 8.19. The summed E-state index contributed by atoms with van der Waals surface area (Å²) in [5.74, 6) is -0.348. The summed E-state index contributed by atoms with van der Waals surface area (Å²) in [5, 5.41) is 14.4. The molecule has 0 N–H and O–H groups in total. The number of rotatable bonds is 4. The number of carbonyl (C=O) groups is 1. The molecule has 2 heterocycles. The van der Waals surface area contributed by atoms with Gasteiger partial charge in [0, 0.05) is 6.20 Å². The van der Waals surface area contributed by atoms with Gasteiger partial charge in [-0.1, -0.05) is 41.1 Å². The molecule has 29 heavy (non-hydrogen) atoms. The van der Waals surface area contributed by atoms with Crippen molar-refractivity contribution in [3.05, 3.63) is 63.3 Å². The fraction of sp³-hybridized carbons (Fsp3) is 0.238. The minimum absolute atomic E-state index is 0.118. The zero-order valence-corrected chi connectivity index (χ0v) is 18.0. The monoisotopic (exact) mass is 426 g/mol. The average Bonchev–Trinajstić information content (AvgIpc) is 3.28. The lowest BCUT2D eigenvalue weighted by atomic mass is 9.97. The summed E-state index contributed by atoms with van der Waals surface area (Å²) in [4.78, 5) is 17.3. The van der Waals surface area contributed by atoms with Gasteiger partial charge in [0.25, 0.3) is 0 Å². The molecular weight excluding hydrogens is 408 g/mol. The predicted octanol–water partition coefficient (Wildman–Crippen LogP) is 5.27. The van der Waals surface area contributed by atoms with Crippen LogP contribution in [-0.2, 0) is 9.53 Å². The van der Waals surface area contributed by atoms with Crippen LogP contribution in [0.2, 0.25) is 4.47 Å². The topological polar surface area (TPSA) is 80.8 Å². The van der Waals surface area contributed by atoms with Crippen molar-refractivity contribution in [2.45, 2.75) is 27.7 Å². The molecule has 0 fully saturated rings. The Morgan fingerprint density at radius 2 is 1.93 bits per heavy atom. The largest absolute Gasteiger partial charge is 0.423 e. The maximum absolute atomic E-state index is 12.6. The zero-order valence-electron chi connectivity index (χ0n) is 16.4. The minimum Gasteiger partial charge on any atom is -0.423 e. The maximum atomic E-state index is 12.6. The van der Waals surface area contributed by atoms with E-state index >= 15 is 0 Å². The lowest BCUT2D eigenvalue weighted by Gasteiger charge is -2.18. The normalized spacial score (nSPS) is 12.3. The highest BCUT2D eigenvalue weighted by Gasteiger charge is 2.29. The molecule has 8 heteroatoms. The van der Waals surface area contributed by atoms with Gasteiger partial charge >= 0.3 is 5.97 Å². The van der Waals surface area contributed by atoms with Gasteiger partial charge in [-0.15, -0.1) is 0 Å². The number of halogens is 1.